The van der Waals surface area contributed by atoms with Gasteiger partial charge in [0, 0.05) is 24.7 Å². The van der Waals surface area contributed by atoms with Gasteiger partial charge >= 0.3 is 0 Å². The van der Waals surface area contributed by atoms with Crippen LogP contribution in [-0.2, 0) is 26.1 Å². The molecule has 0 aliphatic carbocycles. The van der Waals surface area contributed by atoms with Gasteiger partial charge in [0.05, 0.1) is 6.20 Å². The normalized spacial score (nSPS) is 13.6. The lowest BCUT2D eigenvalue weighted by molar-refractivity contribution is 0.0965. The Morgan fingerprint density at radius 3 is 2.70 bits per heavy atom. The first-order valence-electron chi connectivity index (χ1n) is 10.2. The number of hydrogen-bond donors (Lipinski definition) is 0. The van der Waals surface area contributed by atoms with Gasteiger partial charge in [0.1, 0.15) is 18.9 Å². The fourth-order valence-electron chi connectivity index (χ4n) is 3.64. The van der Waals surface area contributed by atoms with Crippen molar-refractivity contribution in [1.29, 1.82) is 0 Å². The van der Waals surface area contributed by atoms with Gasteiger partial charge in [0.2, 0.25) is 0 Å². The first kappa shape index (κ1) is 20.0. The van der Waals surface area contributed by atoms with E-state index in [9.17, 15) is 9.59 Å². The lowest BCUT2D eigenvalue weighted by Gasteiger charge is -2.27. The number of carbonyl (C=O) groups is 1. The molecule has 0 atom stereocenters. The average Bonchev–Trinajstić information content (AvgIpc) is 2.79. The maximum atomic E-state index is 12.8. The highest BCUT2D eigenvalue weighted by Gasteiger charge is 2.17. The molecule has 1 aliphatic rings. The van der Waals surface area contributed by atoms with Crippen molar-refractivity contribution in [3.8, 4) is 5.75 Å². The summed E-state index contributed by atoms with van der Waals surface area (Å²) in [7, 11) is 0. The van der Waals surface area contributed by atoms with E-state index in [1.807, 2.05) is 48.5 Å². The molecule has 0 saturated carbocycles. The van der Waals surface area contributed by atoms with Crippen LogP contribution in [0, 0.1) is 0 Å². The van der Waals surface area contributed by atoms with Crippen molar-refractivity contribution in [2.75, 3.05) is 13.1 Å². The van der Waals surface area contributed by atoms with Crippen LogP contribution in [0.5, 0.6) is 5.75 Å². The van der Waals surface area contributed by atoms with Gasteiger partial charge in [-0.05, 0) is 35.7 Å². The number of ketones is 1. The summed E-state index contributed by atoms with van der Waals surface area (Å²) < 4.78 is 6.81. The minimum atomic E-state index is -0.357. The molecule has 154 valence electrons. The average molecular weight is 403 g/mol. The number of hydrogen-bond acceptors (Lipinski definition) is 5. The molecule has 0 N–H and O–H groups in total. The van der Waals surface area contributed by atoms with Crippen LogP contribution in [0.2, 0.25) is 0 Å². The molecule has 2 aromatic carbocycles. The predicted molar refractivity (Wildman–Crippen MR) is 115 cm³/mol. The van der Waals surface area contributed by atoms with Crippen molar-refractivity contribution in [1.82, 2.24) is 14.7 Å². The Hall–Kier alpha value is -3.25. The third kappa shape index (κ3) is 4.66. The molecule has 0 amide bonds. The summed E-state index contributed by atoms with van der Waals surface area (Å²) in [5.41, 5.74) is 3.75. The zero-order valence-corrected chi connectivity index (χ0v) is 17.1. The molecule has 0 fully saturated rings. The maximum absolute atomic E-state index is 12.8. The fraction of sp³-hybridized carbons (Fsp3) is 0.292. The van der Waals surface area contributed by atoms with Gasteiger partial charge in [-0.15, -0.1) is 0 Å². The number of benzene rings is 2. The summed E-state index contributed by atoms with van der Waals surface area (Å²) in [6.45, 7) is 5.32. The van der Waals surface area contributed by atoms with E-state index in [4.69, 9.17) is 4.74 Å². The minimum Gasteiger partial charge on any atom is -0.487 e. The van der Waals surface area contributed by atoms with Crippen molar-refractivity contribution >= 4 is 5.78 Å². The summed E-state index contributed by atoms with van der Waals surface area (Å²) in [5.74, 6) is 0.264. The largest absolute Gasteiger partial charge is 0.487 e. The summed E-state index contributed by atoms with van der Waals surface area (Å²) in [6.07, 6.45) is 2.48. The monoisotopic (exact) mass is 403 g/mol. The molecule has 0 radical (unpaired) electrons. The molecule has 1 aliphatic heterocycles. The number of carbonyl (C=O) groups excluding carboxylic acids is 1. The zero-order valence-electron chi connectivity index (χ0n) is 17.1. The summed E-state index contributed by atoms with van der Waals surface area (Å²) in [4.78, 5) is 27.5. The first-order valence-corrected chi connectivity index (χ1v) is 10.2. The number of nitrogens with zero attached hydrogens (tertiary/aromatic N) is 3. The highest BCUT2D eigenvalue weighted by molar-refractivity contribution is 5.96. The minimum absolute atomic E-state index is 0.0892. The van der Waals surface area contributed by atoms with Crippen LogP contribution < -0.4 is 10.3 Å². The lowest BCUT2D eigenvalue weighted by Crippen LogP contribution is -2.30. The van der Waals surface area contributed by atoms with Gasteiger partial charge in [-0.1, -0.05) is 49.4 Å². The number of rotatable bonds is 7. The molecule has 0 spiro atoms. The van der Waals surface area contributed by atoms with Gasteiger partial charge < -0.3 is 4.74 Å². The van der Waals surface area contributed by atoms with E-state index in [1.165, 1.54) is 28.1 Å². The third-order valence-electron chi connectivity index (χ3n) is 5.45. The van der Waals surface area contributed by atoms with Crippen molar-refractivity contribution in [3.05, 3.63) is 93.4 Å². The first-order chi connectivity index (χ1) is 14.6. The molecule has 3 aromatic rings. The zero-order chi connectivity index (χ0) is 20.9. The number of likely N-dealkylation sites (N-methyl/N-ethyl adjacent to an activating group) is 1. The van der Waals surface area contributed by atoms with Crippen molar-refractivity contribution in [2.45, 2.75) is 33.0 Å². The van der Waals surface area contributed by atoms with Gasteiger partial charge in [-0.3, -0.25) is 14.5 Å². The maximum Gasteiger partial charge on any atom is 0.270 e. The fourth-order valence-corrected chi connectivity index (χ4v) is 3.64. The van der Waals surface area contributed by atoms with E-state index < -0.39 is 0 Å². The Morgan fingerprint density at radius 2 is 1.93 bits per heavy atom. The van der Waals surface area contributed by atoms with Crippen LogP contribution in [0.15, 0.2) is 65.6 Å². The van der Waals surface area contributed by atoms with E-state index in [-0.39, 0.29) is 17.9 Å². The van der Waals surface area contributed by atoms with Gasteiger partial charge in [0.25, 0.3) is 5.56 Å². The van der Waals surface area contributed by atoms with Crippen LogP contribution in [0.4, 0.5) is 0 Å². The molecular formula is C24H25N3O3. The standard InChI is InChI=1S/C24H25N3O3/c1-2-26-11-10-19-8-9-20(12-21(19)15-26)23(28)16-27-24(29)13-22(14-25-27)30-17-18-6-4-3-5-7-18/h3-9,12-14H,2,10-11,15-17H2,1H3. The predicted octanol–water partition coefficient (Wildman–Crippen LogP) is 3.08. The van der Waals surface area contributed by atoms with Crippen LogP contribution in [0.1, 0.15) is 34.0 Å². The van der Waals surface area contributed by atoms with Gasteiger partial charge in [-0.25, -0.2) is 4.68 Å². The quantitative estimate of drug-likeness (QED) is 0.567. The van der Waals surface area contributed by atoms with Crippen LogP contribution in [0.3, 0.4) is 0 Å². The topological polar surface area (TPSA) is 64.4 Å². The van der Waals surface area contributed by atoms with Gasteiger partial charge in [-0.2, -0.15) is 5.10 Å². The lowest BCUT2D eigenvalue weighted by atomic mass is 9.96. The molecule has 6 nitrogen and oxygen atoms in total. The van der Waals surface area contributed by atoms with Crippen molar-refractivity contribution in [3.63, 3.8) is 0 Å². The number of aromatic nitrogens is 2. The molecule has 6 heteroatoms. The molecule has 0 bridgehead atoms. The summed E-state index contributed by atoms with van der Waals surface area (Å²) >= 11 is 0. The van der Waals surface area contributed by atoms with E-state index in [1.54, 1.807) is 0 Å². The molecule has 1 aromatic heterocycles. The second kappa shape index (κ2) is 9.05. The summed E-state index contributed by atoms with van der Waals surface area (Å²) in [6, 6.07) is 16.9. The van der Waals surface area contributed by atoms with Crippen LogP contribution >= 0.6 is 0 Å². The van der Waals surface area contributed by atoms with Gasteiger partial charge in [0.15, 0.2) is 5.78 Å². The van der Waals surface area contributed by atoms with E-state index >= 15 is 0 Å². The van der Waals surface area contributed by atoms with Crippen LogP contribution in [0.25, 0.3) is 0 Å². The number of Topliss-reactive ketones (excluding diaryl/α,β-unsaturated/α-hetero) is 1. The Morgan fingerprint density at radius 1 is 1.10 bits per heavy atom. The number of ether oxygens (including phenoxy) is 1. The Balaban J connectivity index is 1.43. The second-order valence-corrected chi connectivity index (χ2v) is 7.49. The van der Waals surface area contributed by atoms with E-state index in [0.29, 0.717) is 17.9 Å². The molecule has 0 unspecified atom stereocenters. The second-order valence-electron chi connectivity index (χ2n) is 7.49. The SMILES string of the molecule is CCN1CCc2ccc(C(=O)Cn3ncc(OCc4ccccc4)cc3=O)cc2C1. The van der Waals surface area contributed by atoms with E-state index in [2.05, 4.69) is 16.9 Å². The number of fused-ring (bicyclic) bond motifs is 1. The van der Waals surface area contributed by atoms with E-state index in [0.717, 1.165) is 31.6 Å². The highest BCUT2D eigenvalue weighted by Crippen LogP contribution is 2.20. The molecule has 0 saturated heterocycles. The highest BCUT2D eigenvalue weighted by atomic mass is 16.5. The smallest absolute Gasteiger partial charge is 0.270 e. The molecular weight excluding hydrogens is 378 g/mol. The molecule has 4 rings (SSSR count). The summed E-state index contributed by atoms with van der Waals surface area (Å²) in [5, 5.41) is 4.12. The third-order valence-corrected chi connectivity index (χ3v) is 5.45. The Bertz CT molecular complexity index is 1090. The van der Waals surface area contributed by atoms with Crippen LogP contribution in [-0.4, -0.2) is 33.6 Å². The Labute approximate surface area is 175 Å². The van der Waals surface area contributed by atoms with Crippen molar-refractivity contribution < 1.29 is 9.53 Å². The molecule has 2 heterocycles. The Kier molecular flexibility index (Phi) is 6.05. The van der Waals surface area contributed by atoms with Crippen molar-refractivity contribution in [2.24, 2.45) is 0 Å². The molecule has 30 heavy (non-hydrogen) atoms.